The number of hydrogen-bond donors (Lipinski definition) is 2. The van der Waals surface area contributed by atoms with E-state index in [0.29, 0.717) is 13.0 Å². The average molecular weight is 176 g/mol. The van der Waals surface area contributed by atoms with Gasteiger partial charge in [-0.1, -0.05) is 12.1 Å². The molecule has 0 amide bonds. The van der Waals surface area contributed by atoms with E-state index in [4.69, 9.17) is 5.73 Å². The Morgan fingerprint density at radius 1 is 1.38 bits per heavy atom. The quantitative estimate of drug-likeness (QED) is 0.707. The van der Waals surface area contributed by atoms with Crippen molar-refractivity contribution in [2.75, 3.05) is 11.9 Å². The molecule has 1 atom stereocenters. The molecule has 0 spiro atoms. The number of benzene rings is 1. The molecule has 68 valence electrons. The van der Waals surface area contributed by atoms with E-state index >= 15 is 0 Å². The smallest absolute Gasteiger partial charge is 0.187 e. The molecule has 1 aromatic carbocycles. The Labute approximate surface area is 76.9 Å². The molecule has 0 saturated carbocycles. The van der Waals surface area contributed by atoms with Crippen LogP contribution in [0.3, 0.4) is 0 Å². The lowest BCUT2D eigenvalue weighted by molar-refractivity contribution is 0.0977. The molecule has 0 aromatic heterocycles. The van der Waals surface area contributed by atoms with Crippen molar-refractivity contribution < 1.29 is 4.79 Å². The van der Waals surface area contributed by atoms with Gasteiger partial charge >= 0.3 is 0 Å². The number of carbonyl (C=O) groups excluding carboxylic acids is 1. The zero-order valence-electron chi connectivity index (χ0n) is 7.29. The predicted molar refractivity (Wildman–Crippen MR) is 51.9 cm³/mol. The first kappa shape index (κ1) is 8.26. The number of nitrogens with two attached hydrogens (primary N) is 1. The summed E-state index contributed by atoms with van der Waals surface area (Å²) in [5.74, 6) is 0.168. The highest BCUT2D eigenvalue weighted by molar-refractivity contribution is 6.10. The Morgan fingerprint density at radius 3 is 2.85 bits per heavy atom. The minimum absolute atomic E-state index is 0.109. The van der Waals surface area contributed by atoms with Crippen molar-refractivity contribution in [3.05, 3.63) is 29.8 Å². The molecule has 1 unspecified atom stereocenters. The second-order valence-electron chi connectivity index (χ2n) is 3.18. The van der Waals surface area contributed by atoms with Crippen molar-refractivity contribution in [1.82, 2.24) is 0 Å². The number of anilines is 1. The maximum absolute atomic E-state index is 11.7. The Bertz CT molecular complexity index is 335. The van der Waals surface area contributed by atoms with Crippen LogP contribution >= 0.6 is 0 Å². The molecule has 1 aliphatic heterocycles. The molecule has 2 rings (SSSR count). The minimum Gasteiger partial charge on any atom is -0.374 e. The van der Waals surface area contributed by atoms with Gasteiger partial charge in [-0.05, 0) is 25.1 Å². The van der Waals surface area contributed by atoms with Gasteiger partial charge in [0.1, 0.15) is 0 Å². The number of nitrogens with one attached hydrogen (secondary N) is 1. The van der Waals surface area contributed by atoms with E-state index in [-0.39, 0.29) is 11.8 Å². The fourth-order valence-corrected chi connectivity index (χ4v) is 1.63. The molecule has 0 aliphatic carbocycles. The highest BCUT2D eigenvalue weighted by Gasteiger charge is 2.28. The van der Waals surface area contributed by atoms with Gasteiger partial charge in [0.25, 0.3) is 0 Å². The third-order valence-corrected chi connectivity index (χ3v) is 2.29. The topological polar surface area (TPSA) is 55.1 Å². The lowest BCUT2D eigenvalue weighted by Crippen LogP contribution is -2.25. The van der Waals surface area contributed by atoms with Crippen molar-refractivity contribution >= 4 is 11.5 Å². The predicted octanol–water partition coefficient (Wildman–Crippen LogP) is 1.01. The third-order valence-electron chi connectivity index (χ3n) is 2.29. The monoisotopic (exact) mass is 176 g/mol. The van der Waals surface area contributed by atoms with Gasteiger partial charge < -0.3 is 11.1 Å². The summed E-state index contributed by atoms with van der Waals surface area (Å²) in [6, 6.07) is 7.46. The minimum atomic E-state index is -0.109. The highest BCUT2D eigenvalue weighted by atomic mass is 16.1. The van der Waals surface area contributed by atoms with E-state index in [1.807, 2.05) is 24.3 Å². The molecule has 3 nitrogen and oxygen atoms in total. The summed E-state index contributed by atoms with van der Waals surface area (Å²) in [4.78, 5) is 11.7. The molecule has 0 saturated heterocycles. The molecule has 1 aromatic rings. The second kappa shape index (κ2) is 3.18. The van der Waals surface area contributed by atoms with Crippen LogP contribution in [0.5, 0.6) is 0 Å². The summed E-state index contributed by atoms with van der Waals surface area (Å²) in [5.41, 5.74) is 7.14. The molecule has 3 N–H and O–H groups in total. The summed E-state index contributed by atoms with van der Waals surface area (Å²) in [5, 5.41) is 3.16. The van der Waals surface area contributed by atoms with Crippen LogP contribution in [0.1, 0.15) is 16.8 Å². The molecule has 1 aliphatic rings. The van der Waals surface area contributed by atoms with E-state index < -0.39 is 0 Å². The Kier molecular flexibility index (Phi) is 2.02. The van der Waals surface area contributed by atoms with E-state index in [1.54, 1.807) is 0 Å². The number of fused-ring (bicyclic) bond motifs is 1. The first-order chi connectivity index (χ1) is 6.33. The SMILES string of the molecule is NCCC1Nc2ccccc2C1=O. The highest BCUT2D eigenvalue weighted by Crippen LogP contribution is 2.26. The third kappa shape index (κ3) is 1.31. The van der Waals surface area contributed by atoms with E-state index in [0.717, 1.165) is 11.3 Å². The summed E-state index contributed by atoms with van der Waals surface area (Å²) in [6.07, 6.45) is 0.702. The van der Waals surface area contributed by atoms with Gasteiger partial charge in [0.05, 0.1) is 6.04 Å². The zero-order chi connectivity index (χ0) is 9.26. The van der Waals surface area contributed by atoms with Crippen LogP contribution in [-0.4, -0.2) is 18.4 Å². The fraction of sp³-hybridized carbons (Fsp3) is 0.300. The summed E-state index contributed by atoms with van der Waals surface area (Å²) in [6.45, 7) is 0.539. The first-order valence-electron chi connectivity index (χ1n) is 4.43. The maximum Gasteiger partial charge on any atom is 0.187 e. The van der Waals surface area contributed by atoms with Crippen molar-refractivity contribution in [1.29, 1.82) is 0 Å². The zero-order valence-corrected chi connectivity index (χ0v) is 7.29. The van der Waals surface area contributed by atoms with Crippen LogP contribution < -0.4 is 11.1 Å². The van der Waals surface area contributed by atoms with Crippen LogP contribution in [-0.2, 0) is 0 Å². The number of ketones is 1. The van der Waals surface area contributed by atoms with E-state index in [2.05, 4.69) is 5.32 Å². The maximum atomic E-state index is 11.7. The average Bonchev–Trinajstić information content (AvgIpc) is 2.46. The summed E-state index contributed by atoms with van der Waals surface area (Å²) < 4.78 is 0. The standard InChI is InChI=1S/C10H12N2O/c11-6-5-9-10(13)7-3-1-2-4-8(7)12-9/h1-4,9,12H,5-6,11H2. The summed E-state index contributed by atoms with van der Waals surface area (Å²) >= 11 is 0. The second-order valence-corrected chi connectivity index (χ2v) is 3.18. The van der Waals surface area contributed by atoms with Gasteiger partial charge in [0, 0.05) is 11.3 Å². The van der Waals surface area contributed by atoms with Crippen LogP contribution in [0, 0.1) is 0 Å². The Balaban J connectivity index is 2.28. The van der Waals surface area contributed by atoms with Crippen LogP contribution in [0.4, 0.5) is 5.69 Å². The molecular formula is C10H12N2O. The van der Waals surface area contributed by atoms with Crippen LogP contribution in [0.15, 0.2) is 24.3 Å². The van der Waals surface area contributed by atoms with Crippen molar-refractivity contribution in [2.45, 2.75) is 12.5 Å². The van der Waals surface area contributed by atoms with Gasteiger partial charge in [0.15, 0.2) is 5.78 Å². The molecule has 3 heteroatoms. The molecule has 0 bridgehead atoms. The molecular weight excluding hydrogens is 164 g/mol. The summed E-state index contributed by atoms with van der Waals surface area (Å²) in [7, 11) is 0. The fourth-order valence-electron chi connectivity index (χ4n) is 1.63. The van der Waals surface area contributed by atoms with Gasteiger partial charge in [0.2, 0.25) is 0 Å². The van der Waals surface area contributed by atoms with E-state index in [9.17, 15) is 4.79 Å². The lowest BCUT2D eigenvalue weighted by Gasteiger charge is -2.06. The molecule has 0 radical (unpaired) electrons. The Hall–Kier alpha value is -1.35. The number of Topliss-reactive ketones (excluding diaryl/α,β-unsaturated/α-hetero) is 1. The lowest BCUT2D eigenvalue weighted by atomic mass is 10.1. The number of para-hydroxylation sites is 1. The number of hydrogen-bond acceptors (Lipinski definition) is 3. The van der Waals surface area contributed by atoms with Gasteiger partial charge in [-0.25, -0.2) is 0 Å². The normalized spacial score (nSPS) is 19.8. The van der Waals surface area contributed by atoms with E-state index in [1.165, 1.54) is 0 Å². The van der Waals surface area contributed by atoms with Gasteiger partial charge in [-0.15, -0.1) is 0 Å². The number of rotatable bonds is 2. The molecule has 0 fully saturated rings. The first-order valence-corrected chi connectivity index (χ1v) is 4.43. The number of carbonyl (C=O) groups is 1. The van der Waals surface area contributed by atoms with Crippen LogP contribution in [0.2, 0.25) is 0 Å². The largest absolute Gasteiger partial charge is 0.374 e. The van der Waals surface area contributed by atoms with Crippen LogP contribution in [0.25, 0.3) is 0 Å². The van der Waals surface area contributed by atoms with Crippen molar-refractivity contribution in [2.24, 2.45) is 5.73 Å². The Morgan fingerprint density at radius 2 is 2.15 bits per heavy atom. The van der Waals surface area contributed by atoms with Crippen molar-refractivity contribution in [3.8, 4) is 0 Å². The molecule has 1 heterocycles. The van der Waals surface area contributed by atoms with Gasteiger partial charge in [-0.2, -0.15) is 0 Å². The van der Waals surface area contributed by atoms with Gasteiger partial charge in [-0.3, -0.25) is 4.79 Å². The molecule has 13 heavy (non-hydrogen) atoms. The van der Waals surface area contributed by atoms with Crippen molar-refractivity contribution in [3.63, 3.8) is 0 Å².